The van der Waals surface area contributed by atoms with E-state index in [-0.39, 0.29) is 0 Å². The van der Waals surface area contributed by atoms with Gasteiger partial charge < -0.3 is 14.6 Å². The predicted molar refractivity (Wildman–Crippen MR) is 117 cm³/mol. The molecule has 156 valence electrons. The summed E-state index contributed by atoms with van der Waals surface area (Å²) in [6.07, 6.45) is 0. The largest absolute Gasteiger partial charge is 0.489 e. The third-order valence-electron chi connectivity index (χ3n) is 5.33. The van der Waals surface area contributed by atoms with Crippen LogP contribution in [-0.2, 0) is 16.9 Å². The third-order valence-corrected chi connectivity index (χ3v) is 5.33. The summed E-state index contributed by atoms with van der Waals surface area (Å²) in [7, 11) is 1.35. The molecule has 1 atom stereocenters. The van der Waals surface area contributed by atoms with Crippen LogP contribution in [0.5, 0.6) is 5.75 Å². The molecule has 3 aromatic carbocycles. The standard InChI is InChI=1S/C26H28O4/c1-25(2,3)26(28,21-12-10-20(11-13-21)24(27)29-4)22-14-16-23(17-15-22)30-18-19-8-6-5-7-9-19/h5-17,28H,18H2,1-4H3. The molecule has 1 N–H and O–H groups in total. The van der Waals surface area contributed by atoms with E-state index >= 15 is 0 Å². The molecular formula is C26H28O4. The minimum absolute atomic E-state index is 0.402. The first-order valence-electron chi connectivity index (χ1n) is 9.94. The molecule has 4 heteroatoms. The maximum atomic E-state index is 11.8. The molecule has 0 aliphatic heterocycles. The summed E-state index contributed by atoms with van der Waals surface area (Å²) in [4.78, 5) is 11.7. The number of carbonyl (C=O) groups is 1. The lowest BCUT2D eigenvalue weighted by Gasteiger charge is -2.41. The Hall–Kier alpha value is -3.11. The van der Waals surface area contributed by atoms with Crippen molar-refractivity contribution in [1.29, 1.82) is 0 Å². The molecule has 3 aromatic rings. The number of carbonyl (C=O) groups excluding carboxylic acids is 1. The molecule has 0 heterocycles. The van der Waals surface area contributed by atoms with Crippen LogP contribution >= 0.6 is 0 Å². The number of benzene rings is 3. The predicted octanol–water partition coefficient (Wildman–Crippen LogP) is 5.33. The van der Waals surface area contributed by atoms with Gasteiger partial charge in [0.15, 0.2) is 0 Å². The Labute approximate surface area is 178 Å². The van der Waals surface area contributed by atoms with Crippen LogP contribution in [0.3, 0.4) is 0 Å². The van der Waals surface area contributed by atoms with Crippen molar-refractivity contribution in [1.82, 2.24) is 0 Å². The molecule has 3 rings (SSSR count). The van der Waals surface area contributed by atoms with Gasteiger partial charge in [-0.1, -0.05) is 75.4 Å². The van der Waals surface area contributed by atoms with Gasteiger partial charge in [0.2, 0.25) is 0 Å². The van der Waals surface area contributed by atoms with E-state index in [2.05, 4.69) is 0 Å². The second-order valence-corrected chi connectivity index (χ2v) is 8.33. The zero-order valence-electron chi connectivity index (χ0n) is 17.9. The number of methoxy groups -OCH3 is 1. The molecule has 0 aliphatic carbocycles. The summed E-state index contributed by atoms with van der Waals surface area (Å²) in [6, 6.07) is 24.4. The van der Waals surface area contributed by atoms with Gasteiger partial charge in [0, 0.05) is 0 Å². The van der Waals surface area contributed by atoms with Crippen molar-refractivity contribution >= 4 is 5.97 Å². The van der Waals surface area contributed by atoms with Gasteiger partial charge in [-0.3, -0.25) is 0 Å². The third kappa shape index (κ3) is 4.39. The molecule has 0 amide bonds. The maximum Gasteiger partial charge on any atom is 0.337 e. The Bertz CT molecular complexity index is 970. The van der Waals surface area contributed by atoms with E-state index in [1.165, 1.54) is 7.11 Å². The molecule has 1 unspecified atom stereocenters. The summed E-state index contributed by atoms with van der Waals surface area (Å²) < 4.78 is 10.6. The van der Waals surface area contributed by atoms with Crippen LogP contribution in [0.15, 0.2) is 78.9 Å². The van der Waals surface area contributed by atoms with Crippen LogP contribution in [-0.4, -0.2) is 18.2 Å². The second kappa shape index (κ2) is 8.72. The van der Waals surface area contributed by atoms with Crippen molar-refractivity contribution in [2.45, 2.75) is 33.0 Å². The Kier molecular flexibility index (Phi) is 6.28. The fraction of sp³-hybridized carbons (Fsp3) is 0.269. The molecule has 0 saturated heterocycles. The number of rotatable bonds is 6. The first-order chi connectivity index (χ1) is 14.3. The topological polar surface area (TPSA) is 55.8 Å². The van der Waals surface area contributed by atoms with E-state index in [9.17, 15) is 9.90 Å². The molecule has 30 heavy (non-hydrogen) atoms. The van der Waals surface area contributed by atoms with Crippen LogP contribution < -0.4 is 4.74 Å². The fourth-order valence-electron chi connectivity index (χ4n) is 3.53. The fourth-order valence-corrected chi connectivity index (χ4v) is 3.53. The lowest BCUT2D eigenvalue weighted by molar-refractivity contribution is -0.0259. The van der Waals surface area contributed by atoms with E-state index in [1.807, 2.05) is 75.4 Å². The number of ether oxygens (including phenoxy) is 2. The van der Waals surface area contributed by atoms with E-state index in [0.29, 0.717) is 17.7 Å². The van der Waals surface area contributed by atoms with Crippen LogP contribution in [0.25, 0.3) is 0 Å². The summed E-state index contributed by atoms with van der Waals surface area (Å²) >= 11 is 0. The lowest BCUT2D eigenvalue weighted by Crippen LogP contribution is -2.41. The van der Waals surface area contributed by atoms with Crippen molar-refractivity contribution in [2.24, 2.45) is 5.41 Å². The highest BCUT2D eigenvalue weighted by atomic mass is 16.5. The maximum absolute atomic E-state index is 11.8. The Morgan fingerprint density at radius 1 is 0.833 bits per heavy atom. The number of esters is 1. The van der Waals surface area contributed by atoms with Crippen LogP contribution in [0.2, 0.25) is 0 Å². The summed E-state index contributed by atoms with van der Waals surface area (Å²) in [5, 5.41) is 11.8. The van der Waals surface area contributed by atoms with Gasteiger partial charge in [0.05, 0.1) is 12.7 Å². The molecule has 0 radical (unpaired) electrons. The zero-order chi connectivity index (χ0) is 21.8. The van der Waals surface area contributed by atoms with Crippen LogP contribution in [0.4, 0.5) is 0 Å². The van der Waals surface area contributed by atoms with E-state index in [4.69, 9.17) is 9.47 Å². The molecule has 0 aliphatic rings. The van der Waals surface area contributed by atoms with Crippen molar-refractivity contribution < 1.29 is 19.4 Å². The van der Waals surface area contributed by atoms with E-state index in [0.717, 1.165) is 16.9 Å². The molecular weight excluding hydrogens is 376 g/mol. The zero-order valence-corrected chi connectivity index (χ0v) is 17.9. The van der Waals surface area contributed by atoms with Crippen molar-refractivity contribution in [3.63, 3.8) is 0 Å². The van der Waals surface area contributed by atoms with Crippen molar-refractivity contribution in [3.05, 3.63) is 101 Å². The minimum atomic E-state index is -1.25. The number of hydrogen-bond donors (Lipinski definition) is 1. The normalized spacial score (nSPS) is 13.4. The average Bonchev–Trinajstić information content (AvgIpc) is 2.77. The van der Waals surface area contributed by atoms with Crippen molar-refractivity contribution in [2.75, 3.05) is 7.11 Å². The van der Waals surface area contributed by atoms with E-state index in [1.54, 1.807) is 24.3 Å². The Balaban J connectivity index is 1.87. The highest BCUT2D eigenvalue weighted by molar-refractivity contribution is 5.89. The molecule has 0 bridgehead atoms. The second-order valence-electron chi connectivity index (χ2n) is 8.33. The molecule has 4 nitrogen and oxygen atoms in total. The van der Waals surface area contributed by atoms with Gasteiger partial charge in [-0.2, -0.15) is 0 Å². The van der Waals surface area contributed by atoms with Gasteiger partial charge in [0.25, 0.3) is 0 Å². The van der Waals surface area contributed by atoms with Crippen LogP contribution in [0, 0.1) is 5.41 Å². The summed E-state index contributed by atoms with van der Waals surface area (Å²) in [6.45, 7) is 6.45. The quantitative estimate of drug-likeness (QED) is 0.564. The van der Waals surface area contributed by atoms with Gasteiger partial charge >= 0.3 is 5.97 Å². The van der Waals surface area contributed by atoms with Gasteiger partial charge in [-0.25, -0.2) is 4.79 Å². The Morgan fingerprint density at radius 2 is 1.37 bits per heavy atom. The SMILES string of the molecule is COC(=O)c1ccc(C(O)(c2ccc(OCc3ccccc3)cc2)C(C)(C)C)cc1. The van der Waals surface area contributed by atoms with Gasteiger partial charge in [-0.15, -0.1) is 0 Å². The van der Waals surface area contributed by atoms with Crippen LogP contribution in [0.1, 0.15) is 47.8 Å². The highest BCUT2D eigenvalue weighted by Gasteiger charge is 2.43. The minimum Gasteiger partial charge on any atom is -0.489 e. The summed E-state index contributed by atoms with van der Waals surface area (Å²) in [5.74, 6) is 0.334. The Morgan fingerprint density at radius 3 is 1.87 bits per heavy atom. The highest BCUT2D eigenvalue weighted by Crippen LogP contribution is 2.45. The van der Waals surface area contributed by atoms with E-state index < -0.39 is 17.0 Å². The smallest absolute Gasteiger partial charge is 0.337 e. The molecule has 0 aromatic heterocycles. The monoisotopic (exact) mass is 404 g/mol. The molecule has 0 fully saturated rings. The number of aliphatic hydroxyl groups is 1. The first-order valence-corrected chi connectivity index (χ1v) is 9.94. The lowest BCUT2D eigenvalue weighted by atomic mass is 9.68. The van der Waals surface area contributed by atoms with Gasteiger partial charge in [0.1, 0.15) is 18.0 Å². The summed E-state index contributed by atoms with van der Waals surface area (Å²) in [5.41, 5.74) is 1.26. The molecule has 0 spiro atoms. The van der Waals surface area contributed by atoms with Crippen molar-refractivity contribution in [3.8, 4) is 5.75 Å². The average molecular weight is 405 g/mol. The number of hydrogen-bond acceptors (Lipinski definition) is 4. The molecule has 0 saturated carbocycles. The first kappa shape index (κ1) is 21.6. The van der Waals surface area contributed by atoms with Gasteiger partial charge in [-0.05, 0) is 46.4 Å².